The van der Waals surface area contributed by atoms with Gasteiger partial charge in [0.2, 0.25) is 5.91 Å². The summed E-state index contributed by atoms with van der Waals surface area (Å²) in [6.45, 7) is 4.97. The number of aliphatic hydroxyl groups excluding tert-OH is 2. The van der Waals surface area contributed by atoms with Crippen LogP contribution in [0.25, 0.3) is 0 Å². The number of nitrogens with one attached hydrogen (secondary N) is 1. The van der Waals surface area contributed by atoms with Crippen LogP contribution in [-0.2, 0) is 14.3 Å². The summed E-state index contributed by atoms with van der Waals surface area (Å²) in [6.07, 6.45) is 83.2. The number of carbonyl (C=O) groups is 2. The van der Waals surface area contributed by atoms with Crippen LogP contribution in [0.5, 0.6) is 0 Å². The summed E-state index contributed by atoms with van der Waals surface area (Å²) in [5.74, 6) is -0.0324. The summed E-state index contributed by atoms with van der Waals surface area (Å²) in [5.41, 5.74) is 0. The Morgan fingerprint density at radius 3 is 1.01 bits per heavy atom. The maximum absolute atomic E-state index is 12.5. The zero-order valence-electron chi connectivity index (χ0n) is 51.3. The van der Waals surface area contributed by atoms with Crippen LogP contribution in [0.2, 0.25) is 0 Å². The Balaban J connectivity index is 3.42. The Labute approximate surface area is 474 Å². The molecule has 6 nitrogen and oxygen atoms in total. The van der Waals surface area contributed by atoms with E-state index in [0.717, 1.165) is 51.4 Å². The lowest BCUT2D eigenvalue weighted by atomic mass is 10.0. The van der Waals surface area contributed by atoms with E-state index in [1.165, 1.54) is 289 Å². The van der Waals surface area contributed by atoms with Crippen molar-refractivity contribution in [2.75, 3.05) is 13.2 Å². The summed E-state index contributed by atoms with van der Waals surface area (Å²) in [5, 5.41) is 23.4. The Hall–Kier alpha value is -1.92. The number of ether oxygens (including phenoxy) is 1. The average Bonchev–Trinajstić information content (AvgIpc) is 3.42. The molecule has 0 radical (unpaired) electrons. The monoisotopic (exact) mass is 1070 g/mol. The molecule has 0 aliphatic carbocycles. The molecule has 0 saturated heterocycles. The van der Waals surface area contributed by atoms with Crippen LogP contribution in [0.15, 0.2) is 36.5 Å². The number of carbonyl (C=O) groups excluding carboxylic acids is 2. The first-order valence-corrected chi connectivity index (χ1v) is 34.2. The quantitative estimate of drug-likeness (QED) is 0.0320. The number of rotatable bonds is 64. The normalized spacial score (nSPS) is 12.7. The smallest absolute Gasteiger partial charge is 0.305 e. The largest absolute Gasteiger partial charge is 0.466 e. The molecule has 6 heteroatoms. The molecular formula is C70H133NO5. The van der Waals surface area contributed by atoms with Crippen LogP contribution in [0.3, 0.4) is 0 Å². The Kier molecular flexibility index (Phi) is 63.9. The van der Waals surface area contributed by atoms with Crippen LogP contribution >= 0.6 is 0 Å². The minimum Gasteiger partial charge on any atom is -0.466 e. The number of amides is 1. The van der Waals surface area contributed by atoms with Gasteiger partial charge in [-0.05, 0) is 83.5 Å². The fourth-order valence-electron chi connectivity index (χ4n) is 10.7. The summed E-state index contributed by atoms with van der Waals surface area (Å²) >= 11 is 0. The molecule has 1 amide bonds. The van der Waals surface area contributed by atoms with Gasteiger partial charge in [-0.25, -0.2) is 0 Å². The molecule has 0 rings (SSSR count). The van der Waals surface area contributed by atoms with Crippen molar-refractivity contribution in [3.05, 3.63) is 36.5 Å². The number of esters is 1. The van der Waals surface area contributed by atoms with Gasteiger partial charge in [0.25, 0.3) is 0 Å². The fourth-order valence-corrected chi connectivity index (χ4v) is 10.7. The summed E-state index contributed by atoms with van der Waals surface area (Å²) in [6, 6.07) is -0.545. The summed E-state index contributed by atoms with van der Waals surface area (Å²) < 4.78 is 5.48. The first-order chi connectivity index (χ1) is 37.5. The van der Waals surface area contributed by atoms with E-state index in [1.54, 1.807) is 0 Å². The molecule has 2 atom stereocenters. The highest BCUT2D eigenvalue weighted by molar-refractivity contribution is 5.76. The molecule has 0 fully saturated rings. The highest BCUT2D eigenvalue weighted by Crippen LogP contribution is 2.18. The highest BCUT2D eigenvalue weighted by Gasteiger charge is 2.20. The Morgan fingerprint density at radius 2 is 0.658 bits per heavy atom. The third kappa shape index (κ3) is 61.3. The lowest BCUT2D eigenvalue weighted by Crippen LogP contribution is -2.45. The van der Waals surface area contributed by atoms with Gasteiger partial charge in [-0.1, -0.05) is 314 Å². The van der Waals surface area contributed by atoms with Crippen molar-refractivity contribution < 1.29 is 24.5 Å². The van der Waals surface area contributed by atoms with Gasteiger partial charge in [0.05, 0.1) is 25.4 Å². The SMILES string of the molecule is CCCCCCCC/C=C\CCCCCCCC(=O)OCCCCCCCCCCC/C=C\C/C=C\CCCCCCCCCCCCCC(=O)NC(CO)C(O)CCCCCCCCCCCCCCCCCCC. The van der Waals surface area contributed by atoms with Crippen molar-refractivity contribution in [3.63, 3.8) is 0 Å². The van der Waals surface area contributed by atoms with Gasteiger partial charge < -0.3 is 20.3 Å². The predicted molar refractivity (Wildman–Crippen MR) is 333 cm³/mol. The number of unbranched alkanes of at least 4 members (excludes halogenated alkanes) is 47. The number of hydrogen-bond donors (Lipinski definition) is 3. The van der Waals surface area contributed by atoms with E-state index >= 15 is 0 Å². The van der Waals surface area contributed by atoms with E-state index < -0.39 is 12.1 Å². The van der Waals surface area contributed by atoms with E-state index in [2.05, 4.69) is 55.6 Å². The van der Waals surface area contributed by atoms with E-state index in [4.69, 9.17) is 4.74 Å². The Bertz CT molecular complexity index is 1230. The topological polar surface area (TPSA) is 95.9 Å². The molecule has 0 saturated carbocycles. The van der Waals surface area contributed by atoms with Crippen LogP contribution in [-0.4, -0.2) is 47.4 Å². The van der Waals surface area contributed by atoms with Gasteiger partial charge in [0, 0.05) is 12.8 Å². The van der Waals surface area contributed by atoms with Crippen molar-refractivity contribution >= 4 is 11.9 Å². The molecule has 0 aliphatic rings. The van der Waals surface area contributed by atoms with Gasteiger partial charge in [-0.2, -0.15) is 0 Å². The molecule has 2 unspecified atom stereocenters. The minimum atomic E-state index is -0.667. The van der Waals surface area contributed by atoms with Crippen molar-refractivity contribution in [1.82, 2.24) is 5.32 Å². The lowest BCUT2D eigenvalue weighted by Gasteiger charge is -2.22. The Morgan fingerprint density at radius 1 is 0.368 bits per heavy atom. The molecule has 0 aromatic heterocycles. The zero-order chi connectivity index (χ0) is 55.0. The fraction of sp³-hybridized carbons (Fsp3) is 0.886. The number of allylic oxidation sites excluding steroid dienone is 6. The molecular weight excluding hydrogens is 935 g/mol. The zero-order valence-corrected chi connectivity index (χ0v) is 51.3. The number of hydrogen-bond acceptors (Lipinski definition) is 5. The van der Waals surface area contributed by atoms with Crippen LogP contribution in [0, 0.1) is 0 Å². The average molecular weight is 1070 g/mol. The highest BCUT2D eigenvalue weighted by atomic mass is 16.5. The molecule has 0 heterocycles. The van der Waals surface area contributed by atoms with Crippen LogP contribution in [0.1, 0.15) is 373 Å². The van der Waals surface area contributed by atoms with E-state index in [1.807, 2.05) is 0 Å². The van der Waals surface area contributed by atoms with Gasteiger partial charge >= 0.3 is 5.97 Å². The maximum Gasteiger partial charge on any atom is 0.305 e. The second-order valence-corrected chi connectivity index (χ2v) is 23.5. The molecule has 76 heavy (non-hydrogen) atoms. The van der Waals surface area contributed by atoms with Crippen LogP contribution < -0.4 is 5.32 Å². The van der Waals surface area contributed by atoms with Crippen LogP contribution in [0.4, 0.5) is 0 Å². The predicted octanol–water partition coefficient (Wildman–Crippen LogP) is 21.9. The molecule has 3 N–H and O–H groups in total. The van der Waals surface area contributed by atoms with Crippen molar-refractivity contribution in [3.8, 4) is 0 Å². The molecule has 448 valence electrons. The summed E-state index contributed by atoms with van der Waals surface area (Å²) in [7, 11) is 0. The summed E-state index contributed by atoms with van der Waals surface area (Å²) in [4.78, 5) is 24.6. The van der Waals surface area contributed by atoms with Gasteiger partial charge in [-0.15, -0.1) is 0 Å². The third-order valence-corrected chi connectivity index (χ3v) is 15.9. The van der Waals surface area contributed by atoms with E-state index in [-0.39, 0.29) is 18.5 Å². The standard InChI is InChI=1S/C70H133NO5/c1-3-5-7-9-11-13-15-17-19-31-35-38-42-46-50-54-58-62-68(73)67(66-72)71-69(74)63-59-55-51-47-43-39-36-32-29-27-25-23-21-20-22-24-26-28-30-33-37-41-45-49-53-57-61-65-76-70(75)64-60-56-52-48-44-40-34-18-16-14-12-10-8-6-4-2/h18,20-21,24,26,34,67-68,72-73H,3-17,19,22-23,25,27-33,35-66H2,1-2H3,(H,71,74)/b21-20-,26-24-,34-18-. The second-order valence-electron chi connectivity index (χ2n) is 23.5. The molecule has 0 aromatic carbocycles. The van der Waals surface area contributed by atoms with E-state index in [9.17, 15) is 19.8 Å². The number of aliphatic hydroxyl groups is 2. The molecule has 0 spiro atoms. The van der Waals surface area contributed by atoms with Gasteiger partial charge in [-0.3, -0.25) is 9.59 Å². The van der Waals surface area contributed by atoms with Gasteiger partial charge in [0.15, 0.2) is 0 Å². The lowest BCUT2D eigenvalue weighted by molar-refractivity contribution is -0.143. The minimum absolute atomic E-state index is 0.00306. The maximum atomic E-state index is 12.5. The van der Waals surface area contributed by atoms with Crippen molar-refractivity contribution in [2.45, 2.75) is 386 Å². The molecule has 0 bridgehead atoms. The molecule has 0 aliphatic heterocycles. The first-order valence-electron chi connectivity index (χ1n) is 34.2. The van der Waals surface area contributed by atoms with Crippen molar-refractivity contribution in [1.29, 1.82) is 0 Å². The van der Waals surface area contributed by atoms with Gasteiger partial charge in [0.1, 0.15) is 0 Å². The first kappa shape index (κ1) is 74.1. The molecule has 0 aromatic rings. The van der Waals surface area contributed by atoms with E-state index in [0.29, 0.717) is 25.9 Å². The second kappa shape index (κ2) is 65.6. The van der Waals surface area contributed by atoms with Crippen molar-refractivity contribution in [2.24, 2.45) is 0 Å². The third-order valence-electron chi connectivity index (χ3n) is 15.9.